The fourth-order valence-electron chi connectivity index (χ4n) is 4.21. The number of carbonyl (C=O) groups excluding carboxylic acids is 1. The van der Waals surface area contributed by atoms with Crippen LogP contribution in [-0.4, -0.2) is 24.1 Å². The molecule has 7 heteroatoms. The van der Waals surface area contributed by atoms with Gasteiger partial charge in [0.25, 0.3) is 0 Å². The lowest BCUT2D eigenvalue weighted by Crippen LogP contribution is -2.19. The number of aryl methyl sites for hydroxylation is 2. The van der Waals surface area contributed by atoms with E-state index >= 15 is 0 Å². The SMILES string of the molecule is Cc1ccc(-n2nc3c(c2NC(=O)Cc2cccc4ccccc24)CS(=O)(=O)C3)cc1C. The number of nitrogens with one attached hydrogen (secondary N) is 1. The van der Waals surface area contributed by atoms with Crippen molar-refractivity contribution >= 4 is 32.3 Å². The van der Waals surface area contributed by atoms with Gasteiger partial charge in [0, 0.05) is 5.56 Å². The summed E-state index contributed by atoms with van der Waals surface area (Å²) in [5, 5.41) is 9.63. The molecule has 1 aromatic heterocycles. The Morgan fingerprint density at radius 2 is 1.78 bits per heavy atom. The molecular formula is C25H23N3O3S. The largest absolute Gasteiger partial charge is 0.310 e. The Labute approximate surface area is 186 Å². The van der Waals surface area contributed by atoms with Crippen molar-refractivity contribution in [1.82, 2.24) is 9.78 Å². The van der Waals surface area contributed by atoms with Gasteiger partial charge in [-0.2, -0.15) is 5.10 Å². The Balaban J connectivity index is 1.52. The van der Waals surface area contributed by atoms with Crippen LogP contribution < -0.4 is 5.32 Å². The van der Waals surface area contributed by atoms with Gasteiger partial charge in [0.15, 0.2) is 9.84 Å². The molecule has 2 heterocycles. The molecule has 4 aromatic rings. The topological polar surface area (TPSA) is 81.1 Å². The Kier molecular flexibility index (Phi) is 4.86. The van der Waals surface area contributed by atoms with Gasteiger partial charge in [0.1, 0.15) is 5.82 Å². The second-order valence-corrected chi connectivity index (χ2v) is 10.4. The summed E-state index contributed by atoms with van der Waals surface area (Å²) in [7, 11) is -3.25. The molecule has 162 valence electrons. The number of anilines is 1. The van der Waals surface area contributed by atoms with Crippen LogP contribution in [0.15, 0.2) is 60.7 Å². The zero-order valence-corrected chi connectivity index (χ0v) is 18.7. The third kappa shape index (κ3) is 3.69. The molecule has 1 aliphatic heterocycles. The third-order valence-electron chi connectivity index (χ3n) is 6.01. The van der Waals surface area contributed by atoms with E-state index < -0.39 is 9.84 Å². The summed E-state index contributed by atoms with van der Waals surface area (Å²) < 4.78 is 26.1. The molecule has 3 aromatic carbocycles. The minimum absolute atomic E-state index is 0.105. The van der Waals surface area contributed by atoms with E-state index in [0.29, 0.717) is 17.1 Å². The van der Waals surface area contributed by atoms with Gasteiger partial charge in [-0.15, -0.1) is 0 Å². The molecule has 0 unspecified atom stereocenters. The van der Waals surface area contributed by atoms with Crippen LogP contribution in [0.4, 0.5) is 5.82 Å². The standard InChI is InChI=1S/C25H23N3O3S/c1-16-10-11-20(12-17(16)2)28-25(22-14-32(30,31)15-23(22)27-28)26-24(29)13-19-8-5-7-18-6-3-4-9-21(18)19/h3-12H,13-15H2,1-2H3,(H,26,29). The highest BCUT2D eigenvalue weighted by Gasteiger charge is 2.33. The predicted molar refractivity (Wildman–Crippen MR) is 126 cm³/mol. The number of hydrogen-bond acceptors (Lipinski definition) is 4. The molecule has 0 fully saturated rings. The molecule has 1 N–H and O–H groups in total. The van der Waals surface area contributed by atoms with Crippen molar-refractivity contribution in [3.8, 4) is 5.69 Å². The van der Waals surface area contributed by atoms with Crippen LogP contribution in [0.5, 0.6) is 0 Å². The smallest absolute Gasteiger partial charge is 0.229 e. The maximum absolute atomic E-state index is 13.1. The van der Waals surface area contributed by atoms with Gasteiger partial charge in [-0.3, -0.25) is 4.79 Å². The molecule has 32 heavy (non-hydrogen) atoms. The Morgan fingerprint density at radius 1 is 1.00 bits per heavy atom. The molecule has 0 aliphatic carbocycles. The first-order chi connectivity index (χ1) is 15.3. The van der Waals surface area contributed by atoms with Gasteiger partial charge in [-0.25, -0.2) is 13.1 Å². The number of amides is 1. The van der Waals surface area contributed by atoms with Crippen LogP contribution in [0, 0.1) is 13.8 Å². The van der Waals surface area contributed by atoms with E-state index in [1.807, 2.05) is 74.5 Å². The maximum Gasteiger partial charge on any atom is 0.229 e. The van der Waals surface area contributed by atoms with Gasteiger partial charge in [-0.05, 0) is 53.4 Å². The number of aromatic nitrogens is 2. The van der Waals surface area contributed by atoms with E-state index in [4.69, 9.17) is 0 Å². The van der Waals surface area contributed by atoms with Crippen LogP contribution in [0.25, 0.3) is 16.5 Å². The monoisotopic (exact) mass is 445 g/mol. The number of carbonyl (C=O) groups is 1. The number of sulfone groups is 1. The zero-order chi connectivity index (χ0) is 22.5. The van der Waals surface area contributed by atoms with Gasteiger partial charge in [0.2, 0.25) is 5.91 Å². The fourth-order valence-corrected chi connectivity index (χ4v) is 5.70. The highest BCUT2D eigenvalue weighted by molar-refractivity contribution is 7.90. The molecule has 5 rings (SSSR count). The van der Waals surface area contributed by atoms with E-state index in [1.165, 1.54) is 0 Å². The molecule has 1 amide bonds. The second kappa shape index (κ2) is 7.60. The van der Waals surface area contributed by atoms with Gasteiger partial charge in [0.05, 0.1) is 29.3 Å². The van der Waals surface area contributed by atoms with E-state index in [0.717, 1.165) is 33.2 Å². The molecule has 0 radical (unpaired) electrons. The van der Waals surface area contributed by atoms with Crippen molar-refractivity contribution in [1.29, 1.82) is 0 Å². The number of nitrogens with zero attached hydrogens (tertiary/aromatic N) is 2. The van der Waals surface area contributed by atoms with Crippen molar-refractivity contribution in [3.63, 3.8) is 0 Å². The highest BCUT2D eigenvalue weighted by atomic mass is 32.2. The van der Waals surface area contributed by atoms with Crippen LogP contribution in [0.2, 0.25) is 0 Å². The van der Waals surface area contributed by atoms with Crippen LogP contribution >= 0.6 is 0 Å². The normalized spacial score (nSPS) is 14.4. The predicted octanol–water partition coefficient (Wildman–Crippen LogP) is 4.25. The summed E-state index contributed by atoms with van der Waals surface area (Å²) in [6, 6.07) is 19.8. The Bertz CT molecular complexity index is 1480. The van der Waals surface area contributed by atoms with Crippen molar-refractivity contribution in [2.24, 2.45) is 0 Å². The summed E-state index contributed by atoms with van der Waals surface area (Å²) in [6.07, 6.45) is 0.182. The second-order valence-electron chi connectivity index (χ2n) is 8.35. The maximum atomic E-state index is 13.1. The zero-order valence-electron chi connectivity index (χ0n) is 17.9. The molecule has 6 nitrogen and oxygen atoms in total. The first-order valence-electron chi connectivity index (χ1n) is 10.5. The average Bonchev–Trinajstić information content (AvgIpc) is 3.23. The quantitative estimate of drug-likeness (QED) is 0.509. The average molecular weight is 446 g/mol. The number of rotatable bonds is 4. The third-order valence-corrected chi connectivity index (χ3v) is 7.45. The Hall–Kier alpha value is -3.45. The number of benzene rings is 3. The van der Waals surface area contributed by atoms with Gasteiger partial charge in [-0.1, -0.05) is 48.5 Å². The lowest BCUT2D eigenvalue weighted by molar-refractivity contribution is -0.115. The van der Waals surface area contributed by atoms with E-state index in [-0.39, 0.29) is 23.8 Å². The summed E-state index contributed by atoms with van der Waals surface area (Å²) in [5.74, 6) is 0.0108. The molecule has 0 spiro atoms. The molecular weight excluding hydrogens is 422 g/mol. The first-order valence-corrected chi connectivity index (χ1v) is 12.3. The number of fused-ring (bicyclic) bond motifs is 2. The highest BCUT2D eigenvalue weighted by Crippen LogP contribution is 2.33. The molecule has 0 saturated carbocycles. The Morgan fingerprint density at radius 3 is 2.59 bits per heavy atom. The van der Waals surface area contributed by atoms with Crippen LogP contribution in [0.1, 0.15) is 27.9 Å². The van der Waals surface area contributed by atoms with Crippen LogP contribution in [-0.2, 0) is 32.6 Å². The molecule has 0 saturated heterocycles. The van der Waals surface area contributed by atoms with E-state index in [1.54, 1.807) is 4.68 Å². The lowest BCUT2D eigenvalue weighted by atomic mass is 10.0. The minimum Gasteiger partial charge on any atom is -0.310 e. The van der Waals surface area contributed by atoms with Crippen molar-refractivity contribution in [3.05, 3.63) is 88.6 Å². The van der Waals surface area contributed by atoms with Gasteiger partial charge >= 0.3 is 0 Å². The fraction of sp³-hybridized carbons (Fsp3) is 0.200. The van der Waals surface area contributed by atoms with Crippen LogP contribution in [0.3, 0.4) is 0 Å². The van der Waals surface area contributed by atoms with Gasteiger partial charge < -0.3 is 5.32 Å². The molecule has 1 aliphatic rings. The lowest BCUT2D eigenvalue weighted by Gasteiger charge is -2.13. The summed E-state index contributed by atoms with van der Waals surface area (Å²) in [4.78, 5) is 13.1. The molecule has 0 atom stereocenters. The summed E-state index contributed by atoms with van der Waals surface area (Å²) in [6.45, 7) is 4.04. The minimum atomic E-state index is -3.25. The summed E-state index contributed by atoms with van der Waals surface area (Å²) in [5.41, 5.74) is 5.04. The first kappa shape index (κ1) is 20.5. The van der Waals surface area contributed by atoms with E-state index in [9.17, 15) is 13.2 Å². The van der Waals surface area contributed by atoms with Crippen molar-refractivity contribution in [2.75, 3.05) is 5.32 Å². The van der Waals surface area contributed by atoms with Crippen molar-refractivity contribution < 1.29 is 13.2 Å². The molecule has 0 bridgehead atoms. The number of hydrogen-bond donors (Lipinski definition) is 1. The van der Waals surface area contributed by atoms with Crippen molar-refractivity contribution in [2.45, 2.75) is 31.8 Å². The van der Waals surface area contributed by atoms with E-state index in [2.05, 4.69) is 10.4 Å². The summed E-state index contributed by atoms with van der Waals surface area (Å²) >= 11 is 0.